The van der Waals surface area contributed by atoms with Crippen LogP contribution in [0.1, 0.15) is 18.7 Å². The van der Waals surface area contributed by atoms with E-state index in [1.54, 1.807) is 0 Å². The van der Waals surface area contributed by atoms with Gasteiger partial charge in [-0.25, -0.2) is 9.36 Å². The van der Waals surface area contributed by atoms with Crippen molar-refractivity contribution in [2.75, 3.05) is 6.61 Å². The second kappa shape index (κ2) is 5.44. The fraction of sp³-hybridized carbons (Fsp3) is 0.636. The molecule has 0 bridgehead atoms. The topological polar surface area (TPSA) is 125 Å². The van der Waals surface area contributed by atoms with Crippen LogP contribution in [0.4, 0.5) is 4.39 Å². The predicted octanol–water partition coefficient (Wildman–Crippen LogP) is -2.15. The normalized spacial score (nSPS) is 29.9. The minimum absolute atomic E-state index is 0.0379. The lowest BCUT2D eigenvalue weighted by molar-refractivity contribution is -0.0602. The van der Waals surface area contributed by atoms with Crippen LogP contribution in [0, 0.1) is 5.95 Å². The summed E-state index contributed by atoms with van der Waals surface area (Å²) in [5, 5.41) is 28.4. The highest BCUT2D eigenvalue weighted by Crippen LogP contribution is 2.28. The number of rotatable bonds is 3. The van der Waals surface area contributed by atoms with E-state index in [-0.39, 0.29) is 12.0 Å². The van der Waals surface area contributed by atoms with Gasteiger partial charge < -0.3 is 20.1 Å². The summed E-state index contributed by atoms with van der Waals surface area (Å²) in [6.45, 7) is 0.925. The largest absolute Gasteiger partial charge is 0.394 e. The third-order valence-electron chi connectivity index (χ3n) is 3.30. The summed E-state index contributed by atoms with van der Waals surface area (Å²) in [7, 11) is 0. The second-order valence-corrected chi connectivity index (χ2v) is 4.48. The summed E-state index contributed by atoms with van der Waals surface area (Å²) in [4.78, 5) is 25.0. The van der Waals surface area contributed by atoms with Crippen molar-refractivity contribution in [2.24, 2.45) is 0 Å². The zero-order valence-electron chi connectivity index (χ0n) is 10.6. The van der Waals surface area contributed by atoms with Crippen LogP contribution >= 0.6 is 0 Å². The Morgan fingerprint density at radius 3 is 2.50 bits per heavy atom. The molecule has 0 radical (unpaired) electrons. The van der Waals surface area contributed by atoms with E-state index in [2.05, 4.69) is 0 Å². The molecular weight excluding hydrogens is 275 g/mol. The van der Waals surface area contributed by atoms with Crippen molar-refractivity contribution < 1.29 is 24.4 Å². The van der Waals surface area contributed by atoms with E-state index >= 15 is 0 Å². The van der Waals surface area contributed by atoms with Gasteiger partial charge in [0.1, 0.15) is 18.3 Å². The number of nitrogens with zero attached hydrogens (tertiary/aromatic N) is 1. The molecule has 1 fully saturated rings. The van der Waals surface area contributed by atoms with E-state index in [1.807, 2.05) is 4.98 Å². The third kappa shape index (κ3) is 2.18. The molecule has 1 aliphatic rings. The molecule has 0 aliphatic carbocycles. The molecule has 0 spiro atoms. The Hall–Kier alpha value is -1.55. The van der Waals surface area contributed by atoms with Crippen molar-refractivity contribution >= 4 is 0 Å². The van der Waals surface area contributed by atoms with Crippen LogP contribution in [0.3, 0.4) is 0 Å². The smallest absolute Gasteiger partial charge is 0.332 e. The maximum absolute atomic E-state index is 14.2. The van der Waals surface area contributed by atoms with Crippen LogP contribution in [-0.4, -0.2) is 49.8 Å². The number of aliphatic hydroxyl groups excluding tert-OH is 3. The van der Waals surface area contributed by atoms with Gasteiger partial charge in [-0.1, -0.05) is 6.92 Å². The van der Waals surface area contributed by atoms with E-state index in [0.717, 1.165) is 0 Å². The summed E-state index contributed by atoms with van der Waals surface area (Å²) < 4.78 is 19.7. The fourth-order valence-electron chi connectivity index (χ4n) is 2.19. The average Bonchev–Trinajstić information content (AvgIpc) is 2.67. The molecule has 1 unspecified atom stereocenters. The van der Waals surface area contributed by atoms with Gasteiger partial charge in [-0.2, -0.15) is 4.39 Å². The maximum atomic E-state index is 14.2. The number of aromatic nitrogens is 2. The molecule has 0 amide bonds. The lowest BCUT2D eigenvalue weighted by Crippen LogP contribution is -2.41. The van der Waals surface area contributed by atoms with Gasteiger partial charge in [0.15, 0.2) is 6.23 Å². The van der Waals surface area contributed by atoms with Crippen molar-refractivity contribution in [3.63, 3.8) is 0 Å². The Bertz CT molecular complexity index is 612. The first kappa shape index (κ1) is 14.9. The number of H-pyrrole nitrogens is 1. The summed E-state index contributed by atoms with van der Waals surface area (Å²) in [5.41, 5.74) is -2.21. The van der Waals surface area contributed by atoms with Crippen molar-refractivity contribution in [3.05, 3.63) is 32.3 Å². The van der Waals surface area contributed by atoms with Gasteiger partial charge in [0.05, 0.1) is 12.2 Å². The van der Waals surface area contributed by atoms with Gasteiger partial charge in [0, 0.05) is 0 Å². The molecule has 1 aromatic heterocycles. The Labute approximate surface area is 112 Å². The molecule has 1 aromatic rings. The minimum atomic E-state index is -1.60. The molecule has 2 heterocycles. The molecule has 20 heavy (non-hydrogen) atoms. The molecular formula is C11H15FN2O6. The molecule has 0 saturated carbocycles. The molecule has 1 aliphatic heterocycles. The zero-order valence-corrected chi connectivity index (χ0v) is 10.6. The lowest BCUT2D eigenvalue weighted by atomic mass is 10.1. The molecule has 2 rings (SSSR count). The summed E-state index contributed by atoms with van der Waals surface area (Å²) in [6, 6.07) is 0. The Morgan fingerprint density at radius 1 is 1.35 bits per heavy atom. The second-order valence-electron chi connectivity index (χ2n) is 4.48. The number of nitrogens with one attached hydrogen (secondary N) is 1. The van der Waals surface area contributed by atoms with E-state index in [9.17, 15) is 24.2 Å². The zero-order chi connectivity index (χ0) is 15.0. The van der Waals surface area contributed by atoms with Gasteiger partial charge in [-0.3, -0.25) is 9.78 Å². The molecule has 9 heteroatoms. The highest BCUT2D eigenvalue weighted by Gasteiger charge is 2.44. The van der Waals surface area contributed by atoms with Gasteiger partial charge in [-0.05, 0) is 6.42 Å². The summed E-state index contributed by atoms with van der Waals surface area (Å²) in [5.74, 6) is -1.13. The minimum Gasteiger partial charge on any atom is -0.394 e. The number of ether oxygens (including phenoxy) is 1. The maximum Gasteiger partial charge on any atom is 0.332 e. The van der Waals surface area contributed by atoms with Crippen LogP contribution < -0.4 is 11.2 Å². The van der Waals surface area contributed by atoms with Crippen LogP contribution in [0.5, 0.6) is 0 Å². The first-order valence-corrected chi connectivity index (χ1v) is 6.08. The third-order valence-corrected chi connectivity index (χ3v) is 3.30. The first-order valence-electron chi connectivity index (χ1n) is 6.08. The van der Waals surface area contributed by atoms with E-state index < -0.39 is 48.3 Å². The summed E-state index contributed by atoms with van der Waals surface area (Å²) >= 11 is 0. The lowest BCUT2D eigenvalue weighted by Gasteiger charge is -2.18. The Kier molecular flexibility index (Phi) is 4.04. The molecule has 112 valence electrons. The number of hydrogen-bond acceptors (Lipinski definition) is 6. The average molecular weight is 290 g/mol. The SMILES string of the molecule is CCc1c(F)n(C2O[C@H](CO)[C@@H](O)[C@@H]2O)c(=O)[nH]c1=O. The van der Waals surface area contributed by atoms with Crippen molar-refractivity contribution in [2.45, 2.75) is 37.9 Å². The van der Waals surface area contributed by atoms with Crippen molar-refractivity contribution in [1.82, 2.24) is 9.55 Å². The van der Waals surface area contributed by atoms with Gasteiger partial charge in [0.25, 0.3) is 5.56 Å². The number of aromatic amines is 1. The monoisotopic (exact) mass is 290 g/mol. The predicted molar refractivity (Wildman–Crippen MR) is 63.7 cm³/mol. The highest BCUT2D eigenvalue weighted by atomic mass is 19.1. The van der Waals surface area contributed by atoms with Crippen LogP contribution in [0.25, 0.3) is 0 Å². The standard InChI is InChI=1S/C11H15FN2O6/c1-2-4-8(12)14(11(19)13-9(4)18)10-7(17)6(16)5(3-15)20-10/h5-7,10,15-17H,2-3H2,1H3,(H,13,18,19)/t5-,6-,7+,10?/m1/s1. The van der Waals surface area contributed by atoms with E-state index in [1.165, 1.54) is 6.92 Å². The Morgan fingerprint density at radius 2 is 2.00 bits per heavy atom. The molecule has 8 nitrogen and oxygen atoms in total. The number of hydrogen-bond donors (Lipinski definition) is 4. The van der Waals surface area contributed by atoms with E-state index in [0.29, 0.717) is 4.57 Å². The van der Waals surface area contributed by atoms with E-state index in [4.69, 9.17) is 9.84 Å². The fourth-order valence-corrected chi connectivity index (χ4v) is 2.19. The first-order chi connectivity index (χ1) is 9.42. The van der Waals surface area contributed by atoms with Gasteiger partial charge in [-0.15, -0.1) is 0 Å². The highest BCUT2D eigenvalue weighted by molar-refractivity contribution is 5.08. The quantitative estimate of drug-likeness (QED) is 0.470. The Balaban J connectivity index is 2.54. The molecule has 0 aromatic carbocycles. The van der Waals surface area contributed by atoms with Crippen LogP contribution in [0.15, 0.2) is 9.59 Å². The molecule has 4 N–H and O–H groups in total. The van der Waals surface area contributed by atoms with Crippen molar-refractivity contribution in [3.8, 4) is 0 Å². The van der Waals surface area contributed by atoms with Crippen LogP contribution in [-0.2, 0) is 11.2 Å². The summed E-state index contributed by atoms with van der Waals surface area (Å²) in [6.07, 6.45) is -5.69. The molecule has 4 atom stereocenters. The van der Waals surface area contributed by atoms with Gasteiger partial charge >= 0.3 is 5.69 Å². The number of aliphatic hydroxyl groups is 3. The number of halogens is 1. The van der Waals surface area contributed by atoms with Gasteiger partial charge in [0.2, 0.25) is 5.95 Å². The van der Waals surface area contributed by atoms with Crippen molar-refractivity contribution in [1.29, 1.82) is 0 Å². The van der Waals surface area contributed by atoms with Crippen LogP contribution in [0.2, 0.25) is 0 Å². The molecule has 1 saturated heterocycles.